The third-order valence-corrected chi connectivity index (χ3v) is 5.56. The highest BCUT2D eigenvalue weighted by atomic mass is 79.9. The number of carbonyl (C=O) groups is 2. The summed E-state index contributed by atoms with van der Waals surface area (Å²) in [6, 6.07) is 7.42. The summed E-state index contributed by atoms with van der Waals surface area (Å²) in [6.07, 6.45) is 4.73. The maximum absolute atomic E-state index is 12.8. The van der Waals surface area contributed by atoms with Gasteiger partial charge in [0.15, 0.2) is 5.76 Å². The first-order valence-electron chi connectivity index (χ1n) is 9.35. The molecule has 3 aromatic rings. The number of rotatable bonds is 4. The molecule has 1 aliphatic rings. The number of hydrogen-bond acceptors (Lipinski definition) is 4. The average Bonchev–Trinajstić information content (AvgIpc) is 3.33. The van der Waals surface area contributed by atoms with E-state index in [2.05, 4.69) is 26.3 Å². The smallest absolute Gasteiger partial charge is 0.289 e. The molecule has 0 saturated carbocycles. The minimum atomic E-state index is -0.129. The third-order valence-electron chi connectivity index (χ3n) is 5.07. The lowest BCUT2D eigenvalue weighted by molar-refractivity contribution is -0.121. The number of aryl methyl sites for hydroxylation is 1. The fourth-order valence-electron chi connectivity index (χ4n) is 3.47. The second-order valence-electron chi connectivity index (χ2n) is 6.93. The number of amides is 2. The van der Waals surface area contributed by atoms with Gasteiger partial charge in [0, 0.05) is 41.6 Å². The van der Waals surface area contributed by atoms with E-state index in [-0.39, 0.29) is 17.7 Å². The molecule has 4 rings (SSSR count). The number of carbonyl (C=O) groups excluding carboxylic acids is 2. The predicted octanol–water partition coefficient (Wildman–Crippen LogP) is 3.90. The van der Waals surface area contributed by atoms with Gasteiger partial charge in [0.1, 0.15) is 5.58 Å². The molecule has 0 spiro atoms. The zero-order valence-corrected chi connectivity index (χ0v) is 17.1. The van der Waals surface area contributed by atoms with E-state index in [1.165, 1.54) is 0 Å². The Kier molecular flexibility index (Phi) is 5.21. The lowest BCUT2D eigenvalue weighted by atomic mass is 9.95. The number of benzene rings is 1. The molecule has 0 unspecified atom stereocenters. The summed E-state index contributed by atoms with van der Waals surface area (Å²) in [5.74, 6) is 0.0791. The summed E-state index contributed by atoms with van der Waals surface area (Å²) in [4.78, 5) is 27.0. The number of piperidine rings is 1. The lowest BCUT2D eigenvalue weighted by Crippen LogP contribution is -2.41. The van der Waals surface area contributed by atoms with E-state index in [0.717, 1.165) is 16.4 Å². The number of furan rings is 1. The van der Waals surface area contributed by atoms with Crippen LogP contribution in [0.25, 0.3) is 11.0 Å². The molecule has 1 fully saturated rings. The molecule has 28 heavy (non-hydrogen) atoms. The minimum Gasteiger partial charge on any atom is -0.451 e. The van der Waals surface area contributed by atoms with Crippen molar-refractivity contribution in [1.82, 2.24) is 14.7 Å². The van der Waals surface area contributed by atoms with E-state index >= 15 is 0 Å². The largest absolute Gasteiger partial charge is 0.451 e. The van der Waals surface area contributed by atoms with Crippen molar-refractivity contribution in [3.63, 3.8) is 0 Å². The van der Waals surface area contributed by atoms with Crippen LogP contribution in [0.4, 0.5) is 5.69 Å². The normalized spacial score (nSPS) is 15.1. The molecule has 0 aliphatic carbocycles. The van der Waals surface area contributed by atoms with E-state index in [0.29, 0.717) is 43.0 Å². The SMILES string of the molecule is CCn1cc(NC(=O)C2CCN(C(=O)c3cc4cc(Br)ccc4o3)CC2)cn1. The first-order valence-corrected chi connectivity index (χ1v) is 10.1. The van der Waals surface area contributed by atoms with E-state index in [9.17, 15) is 9.59 Å². The summed E-state index contributed by atoms with van der Waals surface area (Å²) in [5, 5.41) is 7.97. The number of nitrogens with one attached hydrogen (secondary N) is 1. The first kappa shape index (κ1) is 18.7. The Morgan fingerprint density at radius 3 is 2.79 bits per heavy atom. The molecule has 3 heterocycles. The molecular formula is C20H21BrN4O3. The van der Waals surface area contributed by atoms with Crippen LogP contribution in [0.3, 0.4) is 0 Å². The Morgan fingerprint density at radius 1 is 1.29 bits per heavy atom. The molecule has 1 N–H and O–H groups in total. The fourth-order valence-corrected chi connectivity index (χ4v) is 3.84. The molecule has 7 nitrogen and oxygen atoms in total. The highest BCUT2D eigenvalue weighted by Crippen LogP contribution is 2.26. The zero-order chi connectivity index (χ0) is 19.7. The van der Waals surface area contributed by atoms with Gasteiger partial charge in [-0.25, -0.2) is 0 Å². The number of hydrogen-bond donors (Lipinski definition) is 1. The molecule has 0 bridgehead atoms. The molecule has 1 aliphatic heterocycles. The monoisotopic (exact) mass is 444 g/mol. The van der Waals surface area contributed by atoms with E-state index in [1.54, 1.807) is 21.8 Å². The van der Waals surface area contributed by atoms with Gasteiger partial charge in [-0.15, -0.1) is 0 Å². The second-order valence-corrected chi connectivity index (χ2v) is 7.85. The Hall–Kier alpha value is -2.61. The van der Waals surface area contributed by atoms with Gasteiger partial charge in [0.2, 0.25) is 5.91 Å². The highest BCUT2D eigenvalue weighted by molar-refractivity contribution is 9.10. The van der Waals surface area contributed by atoms with Crippen molar-refractivity contribution in [2.75, 3.05) is 18.4 Å². The number of anilines is 1. The van der Waals surface area contributed by atoms with Gasteiger partial charge in [0.25, 0.3) is 5.91 Å². The van der Waals surface area contributed by atoms with Crippen LogP contribution in [0.2, 0.25) is 0 Å². The molecule has 2 aromatic heterocycles. The number of halogens is 1. The van der Waals surface area contributed by atoms with E-state index in [1.807, 2.05) is 31.3 Å². The van der Waals surface area contributed by atoms with E-state index < -0.39 is 0 Å². The number of likely N-dealkylation sites (tertiary alicyclic amines) is 1. The van der Waals surface area contributed by atoms with Gasteiger partial charge >= 0.3 is 0 Å². The van der Waals surface area contributed by atoms with E-state index in [4.69, 9.17) is 4.42 Å². The third kappa shape index (κ3) is 3.82. The van der Waals surface area contributed by atoms with Crippen LogP contribution in [0.15, 0.2) is 45.5 Å². The molecule has 0 radical (unpaired) electrons. The van der Waals surface area contributed by atoms with Gasteiger partial charge in [-0.05, 0) is 44.0 Å². The minimum absolute atomic E-state index is 0.0173. The standard InChI is InChI=1S/C20H21BrN4O3/c1-2-25-12-16(11-22-25)23-19(26)13-5-7-24(8-6-13)20(27)18-10-14-9-15(21)3-4-17(14)28-18/h3-4,9-13H,2,5-8H2,1H3,(H,23,26). The molecule has 146 valence electrons. The summed E-state index contributed by atoms with van der Waals surface area (Å²) in [6.45, 7) is 3.82. The zero-order valence-electron chi connectivity index (χ0n) is 15.5. The van der Waals surface area contributed by atoms with Crippen LogP contribution in [-0.2, 0) is 11.3 Å². The molecule has 2 amide bonds. The quantitative estimate of drug-likeness (QED) is 0.661. The van der Waals surface area contributed by atoms with Crippen molar-refractivity contribution in [3.8, 4) is 0 Å². The van der Waals surface area contributed by atoms with Crippen molar-refractivity contribution < 1.29 is 14.0 Å². The number of fused-ring (bicyclic) bond motifs is 1. The van der Waals surface area contributed by atoms with Crippen LogP contribution in [0.1, 0.15) is 30.3 Å². The predicted molar refractivity (Wildman–Crippen MR) is 109 cm³/mol. The van der Waals surface area contributed by atoms with Gasteiger partial charge in [-0.2, -0.15) is 5.10 Å². The van der Waals surface area contributed by atoms with Crippen LogP contribution >= 0.6 is 15.9 Å². The average molecular weight is 445 g/mol. The Labute approximate surface area is 170 Å². The van der Waals surface area contributed by atoms with Crippen LogP contribution in [0.5, 0.6) is 0 Å². The molecule has 0 atom stereocenters. The second kappa shape index (κ2) is 7.79. The van der Waals surface area contributed by atoms with Crippen molar-refractivity contribution in [1.29, 1.82) is 0 Å². The number of nitrogens with zero attached hydrogens (tertiary/aromatic N) is 3. The van der Waals surface area contributed by atoms with Gasteiger partial charge in [0.05, 0.1) is 11.9 Å². The van der Waals surface area contributed by atoms with Gasteiger partial charge < -0.3 is 14.6 Å². The molecule has 1 saturated heterocycles. The van der Waals surface area contributed by atoms with Gasteiger partial charge in [-0.3, -0.25) is 14.3 Å². The summed E-state index contributed by atoms with van der Waals surface area (Å²) in [7, 11) is 0. The van der Waals surface area contributed by atoms with Gasteiger partial charge in [-0.1, -0.05) is 15.9 Å². The van der Waals surface area contributed by atoms with Crippen LogP contribution in [0, 0.1) is 5.92 Å². The maximum atomic E-state index is 12.8. The first-order chi connectivity index (χ1) is 13.5. The summed E-state index contributed by atoms with van der Waals surface area (Å²) >= 11 is 3.42. The Bertz CT molecular complexity index is 1020. The Morgan fingerprint density at radius 2 is 2.07 bits per heavy atom. The van der Waals surface area contributed by atoms with Crippen molar-refractivity contribution in [2.45, 2.75) is 26.3 Å². The van der Waals surface area contributed by atoms with Crippen molar-refractivity contribution in [2.24, 2.45) is 5.92 Å². The highest BCUT2D eigenvalue weighted by Gasteiger charge is 2.29. The summed E-state index contributed by atoms with van der Waals surface area (Å²) < 4.78 is 8.41. The maximum Gasteiger partial charge on any atom is 0.289 e. The van der Waals surface area contributed by atoms with Crippen molar-refractivity contribution >= 4 is 44.4 Å². The summed E-state index contributed by atoms with van der Waals surface area (Å²) in [5.41, 5.74) is 1.40. The van der Waals surface area contributed by atoms with Crippen molar-refractivity contribution in [3.05, 3.63) is 46.9 Å². The molecule has 1 aromatic carbocycles. The number of aromatic nitrogens is 2. The van der Waals surface area contributed by atoms with Crippen LogP contribution in [-0.4, -0.2) is 39.6 Å². The fraction of sp³-hybridized carbons (Fsp3) is 0.350. The molecule has 8 heteroatoms. The topological polar surface area (TPSA) is 80.4 Å². The van der Waals surface area contributed by atoms with Crippen LogP contribution < -0.4 is 5.32 Å². The lowest BCUT2D eigenvalue weighted by Gasteiger charge is -2.30. The Balaban J connectivity index is 1.36. The molecular weight excluding hydrogens is 424 g/mol.